The van der Waals surface area contributed by atoms with Gasteiger partial charge in [0.15, 0.2) is 0 Å². The summed E-state index contributed by atoms with van der Waals surface area (Å²) in [4.78, 5) is 0. The third-order valence-corrected chi connectivity index (χ3v) is 3.29. The van der Waals surface area contributed by atoms with Crippen molar-refractivity contribution in [3.63, 3.8) is 0 Å². The van der Waals surface area contributed by atoms with Gasteiger partial charge < -0.3 is 15.2 Å². The minimum Gasteiger partial charge on any atom is -0.497 e. The van der Waals surface area contributed by atoms with Crippen LogP contribution in [0.2, 0.25) is 0 Å². The molecule has 0 radical (unpaired) electrons. The maximum Gasteiger partial charge on any atom is 0.123 e. The normalized spacial score (nSPS) is 12.0. The van der Waals surface area contributed by atoms with Crippen molar-refractivity contribution in [2.45, 2.75) is 32.9 Å². The average Bonchev–Trinajstić information content (AvgIpc) is 2.46. The second kappa shape index (κ2) is 7.14. The Morgan fingerprint density at radius 1 is 1.14 bits per heavy atom. The van der Waals surface area contributed by atoms with Gasteiger partial charge in [0.25, 0.3) is 0 Å². The third-order valence-electron chi connectivity index (χ3n) is 3.29. The molecular formula is C18H23NO2. The maximum atomic E-state index is 5.97. The van der Waals surface area contributed by atoms with Gasteiger partial charge in [0.05, 0.1) is 7.11 Å². The molecule has 1 unspecified atom stereocenters. The van der Waals surface area contributed by atoms with Crippen LogP contribution in [0.15, 0.2) is 42.5 Å². The largest absolute Gasteiger partial charge is 0.497 e. The molecule has 0 bridgehead atoms. The molecule has 0 spiro atoms. The van der Waals surface area contributed by atoms with Gasteiger partial charge in [-0.3, -0.25) is 0 Å². The molecule has 0 saturated heterocycles. The highest BCUT2D eigenvalue weighted by Gasteiger charge is 2.07. The van der Waals surface area contributed by atoms with E-state index in [1.807, 2.05) is 37.3 Å². The SMILES string of the molecule is COc1cccc(COc2ccc(C)cc2CC(C)N)c1. The number of ether oxygens (including phenoxy) is 2. The first-order chi connectivity index (χ1) is 10.1. The zero-order chi connectivity index (χ0) is 15.2. The molecule has 3 nitrogen and oxygen atoms in total. The van der Waals surface area contributed by atoms with E-state index < -0.39 is 0 Å². The third kappa shape index (κ3) is 4.50. The Morgan fingerprint density at radius 2 is 1.95 bits per heavy atom. The van der Waals surface area contributed by atoms with E-state index in [2.05, 4.69) is 19.1 Å². The fourth-order valence-corrected chi connectivity index (χ4v) is 2.28. The summed E-state index contributed by atoms with van der Waals surface area (Å²) in [6, 6.07) is 14.3. The van der Waals surface area contributed by atoms with Crippen LogP contribution in [0, 0.1) is 6.92 Å². The fourth-order valence-electron chi connectivity index (χ4n) is 2.28. The molecule has 0 amide bonds. The predicted octanol–water partition coefficient (Wildman–Crippen LogP) is 3.47. The van der Waals surface area contributed by atoms with Crippen LogP contribution in [0.5, 0.6) is 11.5 Å². The van der Waals surface area contributed by atoms with E-state index in [1.165, 1.54) is 5.56 Å². The quantitative estimate of drug-likeness (QED) is 0.884. The summed E-state index contributed by atoms with van der Waals surface area (Å²) in [5, 5.41) is 0. The van der Waals surface area contributed by atoms with E-state index in [0.29, 0.717) is 6.61 Å². The fraction of sp³-hybridized carbons (Fsp3) is 0.333. The lowest BCUT2D eigenvalue weighted by Gasteiger charge is -2.14. The molecule has 0 aliphatic heterocycles. The van der Waals surface area contributed by atoms with Crippen LogP contribution in [-0.4, -0.2) is 13.2 Å². The first-order valence-corrected chi connectivity index (χ1v) is 7.19. The molecule has 0 heterocycles. The minimum absolute atomic E-state index is 0.117. The lowest BCUT2D eigenvalue weighted by Crippen LogP contribution is -2.18. The van der Waals surface area contributed by atoms with Crippen molar-refractivity contribution in [1.29, 1.82) is 0 Å². The molecule has 2 rings (SSSR count). The number of aryl methyl sites for hydroxylation is 1. The van der Waals surface area contributed by atoms with Crippen LogP contribution >= 0.6 is 0 Å². The highest BCUT2D eigenvalue weighted by atomic mass is 16.5. The van der Waals surface area contributed by atoms with Gasteiger partial charge in [-0.05, 0) is 49.6 Å². The van der Waals surface area contributed by atoms with Gasteiger partial charge in [0.1, 0.15) is 18.1 Å². The van der Waals surface area contributed by atoms with Crippen molar-refractivity contribution in [2.75, 3.05) is 7.11 Å². The second-order valence-electron chi connectivity index (χ2n) is 5.43. The Morgan fingerprint density at radius 3 is 2.67 bits per heavy atom. The summed E-state index contributed by atoms with van der Waals surface area (Å²) >= 11 is 0. The molecule has 0 aromatic heterocycles. The van der Waals surface area contributed by atoms with Crippen LogP contribution in [0.4, 0.5) is 0 Å². The van der Waals surface area contributed by atoms with Crippen molar-refractivity contribution < 1.29 is 9.47 Å². The number of rotatable bonds is 6. The lowest BCUT2D eigenvalue weighted by molar-refractivity contribution is 0.301. The zero-order valence-corrected chi connectivity index (χ0v) is 12.9. The summed E-state index contributed by atoms with van der Waals surface area (Å²) in [6.45, 7) is 4.61. The highest BCUT2D eigenvalue weighted by Crippen LogP contribution is 2.23. The number of hydrogen-bond acceptors (Lipinski definition) is 3. The van der Waals surface area contributed by atoms with Crippen molar-refractivity contribution in [3.8, 4) is 11.5 Å². The first kappa shape index (κ1) is 15.4. The summed E-state index contributed by atoms with van der Waals surface area (Å²) in [5.74, 6) is 1.75. The second-order valence-corrected chi connectivity index (χ2v) is 5.43. The molecule has 2 aromatic carbocycles. The highest BCUT2D eigenvalue weighted by molar-refractivity contribution is 5.38. The van der Waals surface area contributed by atoms with Crippen LogP contribution in [0.1, 0.15) is 23.6 Å². The van der Waals surface area contributed by atoms with E-state index in [-0.39, 0.29) is 6.04 Å². The average molecular weight is 285 g/mol. The topological polar surface area (TPSA) is 44.5 Å². The Kier molecular flexibility index (Phi) is 5.23. The van der Waals surface area contributed by atoms with Crippen LogP contribution in [0.3, 0.4) is 0 Å². The molecule has 0 fully saturated rings. The zero-order valence-electron chi connectivity index (χ0n) is 12.9. The van der Waals surface area contributed by atoms with Gasteiger partial charge in [-0.15, -0.1) is 0 Å². The van der Waals surface area contributed by atoms with Crippen LogP contribution in [0.25, 0.3) is 0 Å². The van der Waals surface area contributed by atoms with Gasteiger partial charge >= 0.3 is 0 Å². The van der Waals surface area contributed by atoms with Crippen molar-refractivity contribution in [3.05, 3.63) is 59.2 Å². The monoisotopic (exact) mass is 285 g/mol. The van der Waals surface area contributed by atoms with Crippen LogP contribution in [-0.2, 0) is 13.0 Å². The van der Waals surface area contributed by atoms with E-state index in [1.54, 1.807) is 7.11 Å². The molecule has 2 N–H and O–H groups in total. The standard InChI is InChI=1S/C18H23NO2/c1-13-7-8-18(16(9-13)10-14(2)19)21-12-15-5-4-6-17(11-15)20-3/h4-9,11,14H,10,12,19H2,1-3H3. The van der Waals surface area contributed by atoms with Gasteiger partial charge in [0.2, 0.25) is 0 Å². The summed E-state index contributed by atoms with van der Waals surface area (Å²) < 4.78 is 11.2. The number of benzene rings is 2. The number of nitrogens with two attached hydrogens (primary N) is 1. The Labute approximate surface area is 126 Å². The van der Waals surface area contributed by atoms with Gasteiger partial charge in [-0.2, -0.15) is 0 Å². The first-order valence-electron chi connectivity index (χ1n) is 7.19. The summed E-state index contributed by atoms with van der Waals surface area (Å²) in [7, 11) is 1.67. The Balaban J connectivity index is 2.11. The Hall–Kier alpha value is -2.00. The summed E-state index contributed by atoms with van der Waals surface area (Å²) in [5.41, 5.74) is 9.38. The Bertz CT molecular complexity index is 594. The van der Waals surface area contributed by atoms with E-state index >= 15 is 0 Å². The molecule has 2 aromatic rings. The molecule has 0 aliphatic carbocycles. The van der Waals surface area contributed by atoms with E-state index in [9.17, 15) is 0 Å². The summed E-state index contributed by atoms with van der Waals surface area (Å²) in [6.07, 6.45) is 0.815. The predicted molar refractivity (Wildman–Crippen MR) is 85.9 cm³/mol. The molecule has 0 aliphatic rings. The van der Waals surface area contributed by atoms with E-state index in [0.717, 1.165) is 29.0 Å². The molecule has 1 atom stereocenters. The molecular weight excluding hydrogens is 262 g/mol. The number of hydrogen-bond donors (Lipinski definition) is 1. The van der Waals surface area contributed by atoms with Crippen LogP contribution < -0.4 is 15.2 Å². The number of methoxy groups -OCH3 is 1. The molecule has 21 heavy (non-hydrogen) atoms. The van der Waals surface area contributed by atoms with Crippen molar-refractivity contribution >= 4 is 0 Å². The van der Waals surface area contributed by atoms with Gasteiger partial charge in [-0.1, -0.05) is 29.8 Å². The maximum absolute atomic E-state index is 5.97. The van der Waals surface area contributed by atoms with Crippen molar-refractivity contribution in [2.24, 2.45) is 5.73 Å². The molecule has 112 valence electrons. The lowest BCUT2D eigenvalue weighted by atomic mass is 10.0. The minimum atomic E-state index is 0.117. The molecule has 3 heteroatoms. The molecule has 0 saturated carbocycles. The van der Waals surface area contributed by atoms with Gasteiger partial charge in [0, 0.05) is 6.04 Å². The van der Waals surface area contributed by atoms with E-state index in [4.69, 9.17) is 15.2 Å². The van der Waals surface area contributed by atoms with Crippen molar-refractivity contribution in [1.82, 2.24) is 0 Å². The smallest absolute Gasteiger partial charge is 0.123 e. The van der Waals surface area contributed by atoms with Gasteiger partial charge in [-0.25, -0.2) is 0 Å².